The van der Waals surface area contributed by atoms with Crippen LogP contribution in [0.3, 0.4) is 0 Å². The van der Waals surface area contributed by atoms with Gasteiger partial charge in [-0.05, 0) is 25.5 Å². The van der Waals surface area contributed by atoms with Crippen LogP contribution in [0.2, 0.25) is 11.6 Å². The van der Waals surface area contributed by atoms with Crippen LogP contribution in [0.4, 0.5) is 0 Å². The third-order valence-electron chi connectivity index (χ3n) is 1.74. The standard InChI is InChI=1S/C9H21BO/c1-7(2)10(8(3)4)11-9(5)6/h7-9H,1-6H3. The van der Waals surface area contributed by atoms with Crippen LogP contribution in [0.1, 0.15) is 41.5 Å². The molecule has 1 nitrogen and oxygen atoms in total. The Morgan fingerprint density at radius 2 is 1.18 bits per heavy atom. The summed E-state index contributed by atoms with van der Waals surface area (Å²) >= 11 is 0. The van der Waals surface area contributed by atoms with E-state index in [0.29, 0.717) is 24.7 Å². The largest absolute Gasteiger partial charge is 0.433 e. The van der Waals surface area contributed by atoms with Crippen molar-refractivity contribution in [3.63, 3.8) is 0 Å². The molecule has 0 bridgehead atoms. The molecule has 0 aliphatic heterocycles. The maximum atomic E-state index is 5.77. The molecule has 0 amide bonds. The summed E-state index contributed by atoms with van der Waals surface area (Å²) in [7, 11) is 0. The first-order valence-corrected chi connectivity index (χ1v) is 4.60. The van der Waals surface area contributed by atoms with E-state index in [0.717, 1.165) is 0 Å². The molecule has 0 saturated carbocycles. The van der Waals surface area contributed by atoms with E-state index >= 15 is 0 Å². The van der Waals surface area contributed by atoms with Gasteiger partial charge in [-0.2, -0.15) is 0 Å². The van der Waals surface area contributed by atoms with Crippen LogP contribution in [0, 0.1) is 0 Å². The average molecular weight is 156 g/mol. The zero-order valence-electron chi connectivity index (χ0n) is 8.72. The van der Waals surface area contributed by atoms with Gasteiger partial charge in [-0.15, -0.1) is 0 Å². The molecule has 0 spiro atoms. The molecule has 0 fully saturated rings. The van der Waals surface area contributed by atoms with E-state index in [1.54, 1.807) is 0 Å². The molecule has 2 heteroatoms. The average Bonchev–Trinajstić information content (AvgIpc) is 1.81. The number of hydrogen-bond acceptors (Lipinski definition) is 1. The van der Waals surface area contributed by atoms with Crippen molar-refractivity contribution in [3.05, 3.63) is 0 Å². The van der Waals surface area contributed by atoms with E-state index in [1.165, 1.54) is 0 Å². The molecule has 66 valence electrons. The molecule has 0 unspecified atom stereocenters. The Morgan fingerprint density at radius 3 is 1.27 bits per heavy atom. The highest BCUT2D eigenvalue weighted by Crippen LogP contribution is 2.21. The Labute approximate surface area is 71.6 Å². The smallest absolute Gasteiger partial charge is 0.298 e. The van der Waals surface area contributed by atoms with Gasteiger partial charge in [0.25, 0.3) is 6.92 Å². The summed E-state index contributed by atoms with van der Waals surface area (Å²) in [5, 5.41) is 0. The summed E-state index contributed by atoms with van der Waals surface area (Å²) in [6.07, 6.45) is 0.352. The van der Waals surface area contributed by atoms with Crippen molar-refractivity contribution in [3.8, 4) is 0 Å². The molecule has 0 heterocycles. The van der Waals surface area contributed by atoms with Crippen LogP contribution in [0.15, 0.2) is 0 Å². The van der Waals surface area contributed by atoms with Crippen LogP contribution in [0.5, 0.6) is 0 Å². The van der Waals surface area contributed by atoms with Gasteiger partial charge in [-0.3, -0.25) is 0 Å². The normalized spacial score (nSPS) is 11.7. The van der Waals surface area contributed by atoms with E-state index < -0.39 is 0 Å². The molecule has 0 aliphatic carbocycles. The Kier molecular flexibility index (Phi) is 4.82. The molecular formula is C9H21BO. The van der Waals surface area contributed by atoms with Crippen LogP contribution < -0.4 is 0 Å². The van der Waals surface area contributed by atoms with Crippen LogP contribution >= 0.6 is 0 Å². The fourth-order valence-corrected chi connectivity index (χ4v) is 1.40. The molecule has 0 saturated heterocycles. The van der Waals surface area contributed by atoms with Gasteiger partial charge in [-0.25, -0.2) is 0 Å². The predicted octanol–water partition coefficient (Wildman–Crippen LogP) is 3.22. The first kappa shape index (κ1) is 11.0. The Balaban J connectivity index is 3.90. The first-order valence-electron chi connectivity index (χ1n) is 4.60. The van der Waals surface area contributed by atoms with Crippen molar-refractivity contribution in [2.45, 2.75) is 59.3 Å². The van der Waals surface area contributed by atoms with Gasteiger partial charge >= 0.3 is 0 Å². The van der Waals surface area contributed by atoms with Crippen molar-refractivity contribution < 1.29 is 4.65 Å². The Bertz CT molecular complexity index is 91.7. The minimum absolute atomic E-state index is 0.352. The van der Waals surface area contributed by atoms with E-state index in [4.69, 9.17) is 4.65 Å². The molecule has 0 rings (SSSR count). The zero-order chi connectivity index (χ0) is 9.02. The highest BCUT2D eigenvalue weighted by atomic mass is 16.4. The van der Waals surface area contributed by atoms with Crippen molar-refractivity contribution >= 4 is 6.92 Å². The topological polar surface area (TPSA) is 9.23 Å². The van der Waals surface area contributed by atoms with E-state index in [-0.39, 0.29) is 0 Å². The van der Waals surface area contributed by atoms with Gasteiger partial charge in [0.1, 0.15) is 0 Å². The fourth-order valence-electron chi connectivity index (χ4n) is 1.40. The van der Waals surface area contributed by atoms with E-state index in [9.17, 15) is 0 Å². The third kappa shape index (κ3) is 4.46. The quantitative estimate of drug-likeness (QED) is 0.567. The first-order chi connectivity index (χ1) is 4.95. The maximum Gasteiger partial charge on any atom is 0.298 e. The second-order valence-electron chi connectivity index (χ2n) is 4.14. The summed E-state index contributed by atoms with van der Waals surface area (Å²) in [4.78, 5) is 0. The lowest BCUT2D eigenvalue weighted by molar-refractivity contribution is 0.233. The molecule has 11 heavy (non-hydrogen) atoms. The lowest BCUT2D eigenvalue weighted by Gasteiger charge is -2.23. The maximum absolute atomic E-state index is 5.77. The summed E-state index contributed by atoms with van der Waals surface area (Å²) in [6, 6.07) is 0. The van der Waals surface area contributed by atoms with Gasteiger partial charge in [0, 0.05) is 6.10 Å². The monoisotopic (exact) mass is 156 g/mol. The van der Waals surface area contributed by atoms with Crippen LogP contribution in [-0.4, -0.2) is 13.0 Å². The Hall–Kier alpha value is 0.0249. The second-order valence-corrected chi connectivity index (χ2v) is 4.14. The lowest BCUT2D eigenvalue weighted by Crippen LogP contribution is -2.28. The molecule has 0 atom stereocenters. The fraction of sp³-hybridized carbons (Fsp3) is 1.00. The minimum Gasteiger partial charge on any atom is -0.433 e. The number of rotatable bonds is 4. The van der Waals surface area contributed by atoms with Gasteiger partial charge in [-0.1, -0.05) is 27.7 Å². The third-order valence-corrected chi connectivity index (χ3v) is 1.74. The molecular weight excluding hydrogens is 135 g/mol. The molecule has 0 aliphatic rings. The number of hydrogen-bond donors (Lipinski definition) is 0. The van der Waals surface area contributed by atoms with Crippen molar-refractivity contribution in [2.24, 2.45) is 0 Å². The second kappa shape index (κ2) is 4.81. The van der Waals surface area contributed by atoms with Crippen molar-refractivity contribution in [1.29, 1.82) is 0 Å². The van der Waals surface area contributed by atoms with Gasteiger partial charge in [0.15, 0.2) is 0 Å². The molecule has 0 N–H and O–H groups in total. The lowest BCUT2D eigenvalue weighted by atomic mass is 9.49. The summed E-state index contributed by atoms with van der Waals surface area (Å²) in [6.45, 7) is 13.5. The molecule has 0 radical (unpaired) electrons. The SMILES string of the molecule is CC(C)OB(C(C)C)C(C)C. The molecule has 0 aromatic heterocycles. The molecule has 0 aromatic rings. The van der Waals surface area contributed by atoms with E-state index in [1.807, 2.05) is 0 Å². The summed E-state index contributed by atoms with van der Waals surface area (Å²) in [5.41, 5.74) is 0. The predicted molar refractivity (Wildman–Crippen MR) is 52.2 cm³/mol. The van der Waals surface area contributed by atoms with E-state index in [2.05, 4.69) is 41.5 Å². The van der Waals surface area contributed by atoms with Crippen molar-refractivity contribution in [1.82, 2.24) is 0 Å². The van der Waals surface area contributed by atoms with Gasteiger partial charge < -0.3 is 4.65 Å². The Morgan fingerprint density at radius 1 is 0.818 bits per heavy atom. The van der Waals surface area contributed by atoms with Gasteiger partial charge in [0.05, 0.1) is 0 Å². The van der Waals surface area contributed by atoms with Crippen LogP contribution in [-0.2, 0) is 4.65 Å². The zero-order valence-corrected chi connectivity index (χ0v) is 8.72. The van der Waals surface area contributed by atoms with Gasteiger partial charge in [0.2, 0.25) is 0 Å². The highest BCUT2D eigenvalue weighted by Gasteiger charge is 2.24. The molecule has 0 aromatic carbocycles. The van der Waals surface area contributed by atoms with Crippen molar-refractivity contribution in [2.75, 3.05) is 0 Å². The summed E-state index contributed by atoms with van der Waals surface area (Å²) in [5.74, 6) is 1.25. The van der Waals surface area contributed by atoms with Crippen LogP contribution in [0.25, 0.3) is 0 Å². The highest BCUT2D eigenvalue weighted by molar-refractivity contribution is 6.55. The summed E-state index contributed by atoms with van der Waals surface area (Å²) < 4.78 is 5.77. The minimum atomic E-state index is 0.352.